The number of carboxylic acid groups (broad SMARTS) is 2. The van der Waals surface area contributed by atoms with E-state index in [1.54, 1.807) is 0 Å². The summed E-state index contributed by atoms with van der Waals surface area (Å²) in [6, 6.07) is -1.26. The van der Waals surface area contributed by atoms with Crippen molar-refractivity contribution in [2.45, 2.75) is 12.5 Å². The van der Waals surface area contributed by atoms with Gasteiger partial charge in [-0.25, -0.2) is 4.79 Å². The van der Waals surface area contributed by atoms with Gasteiger partial charge in [0.25, 0.3) is 0 Å². The van der Waals surface area contributed by atoms with Crippen molar-refractivity contribution >= 4 is 29.3 Å². The minimum absolute atomic E-state index is 0.233. The fourth-order valence-corrected chi connectivity index (χ4v) is 0.689. The second kappa shape index (κ2) is 4.50. The third-order valence-electron chi connectivity index (χ3n) is 0.993. The zero-order valence-electron chi connectivity index (χ0n) is 5.98. The minimum Gasteiger partial charge on any atom is -0.481 e. The number of aliphatic carboxylic acids is 2. The zero-order valence-corrected chi connectivity index (χ0v) is 6.80. The second-order valence-electron chi connectivity index (χ2n) is 2.00. The monoisotopic (exact) mass is 192 g/mol. The minimum atomic E-state index is -1.30. The van der Waals surface area contributed by atoms with Crippen molar-refractivity contribution in [2.24, 2.45) is 5.73 Å². The number of nitrogens with two attached hydrogens (primary N) is 1. The van der Waals surface area contributed by atoms with E-state index in [-0.39, 0.29) is 5.11 Å². The lowest BCUT2D eigenvalue weighted by molar-refractivity contribution is -0.145. The van der Waals surface area contributed by atoms with E-state index < -0.39 is 24.4 Å². The fraction of sp³-hybridized carbons (Fsp3) is 0.400. The van der Waals surface area contributed by atoms with Crippen LogP contribution in [0, 0.1) is 0 Å². The van der Waals surface area contributed by atoms with Gasteiger partial charge in [-0.1, -0.05) is 0 Å². The van der Waals surface area contributed by atoms with Crippen LogP contribution in [-0.4, -0.2) is 33.3 Å². The number of carboxylic acids is 2. The van der Waals surface area contributed by atoms with E-state index in [9.17, 15) is 9.59 Å². The molecule has 68 valence electrons. The molecule has 5 N–H and O–H groups in total. The summed E-state index contributed by atoms with van der Waals surface area (Å²) in [5.74, 6) is -2.53. The average molecular weight is 192 g/mol. The van der Waals surface area contributed by atoms with E-state index in [1.165, 1.54) is 0 Å². The molecule has 0 unspecified atom stereocenters. The van der Waals surface area contributed by atoms with Gasteiger partial charge in [-0.05, 0) is 12.2 Å². The molecular weight excluding hydrogens is 184 g/mol. The Bertz CT molecular complexity index is 201. The molecule has 6 nitrogen and oxygen atoms in total. The summed E-state index contributed by atoms with van der Waals surface area (Å²) >= 11 is 4.35. The van der Waals surface area contributed by atoms with Crippen LogP contribution in [0.1, 0.15) is 6.42 Å². The molecular formula is C5H8N2O4S. The van der Waals surface area contributed by atoms with Gasteiger partial charge in [0.15, 0.2) is 5.11 Å². The molecule has 7 heteroatoms. The van der Waals surface area contributed by atoms with Crippen molar-refractivity contribution in [3.05, 3.63) is 0 Å². The maximum Gasteiger partial charge on any atom is 0.326 e. The molecule has 12 heavy (non-hydrogen) atoms. The van der Waals surface area contributed by atoms with Gasteiger partial charge < -0.3 is 21.3 Å². The molecule has 0 aliphatic rings. The van der Waals surface area contributed by atoms with Crippen LogP contribution in [0.2, 0.25) is 0 Å². The summed E-state index contributed by atoms with van der Waals surface area (Å²) < 4.78 is 0. The lowest BCUT2D eigenvalue weighted by Gasteiger charge is -2.10. The van der Waals surface area contributed by atoms with Crippen molar-refractivity contribution in [3.63, 3.8) is 0 Å². The van der Waals surface area contributed by atoms with Crippen molar-refractivity contribution in [1.29, 1.82) is 0 Å². The molecule has 0 radical (unpaired) electrons. The molecule has 0 bridgehead atoms. The van der Waals surface area contributed by atoms with Gasteiger partial charge in [0.2, 0.25) is 0 Å². The molecule has 0 aromatic carbocycles. The fourth-order valence-electron chi connectivity index (χ4n) is 0.546. The molecule has 1 atom stereocenters. The Labute approximate surface area is 73.4 Å². The molecule has 0 aliphatic carbocycles. The summed E-state index contributed by atoms with van der Waals surface area (Å²) in [7, 11) is 0. The molecule has 0 aliphatic heterocycles. The van der Waals surface area contributed by atoms with E-state index in [4.69, 9.17) is 15.9 Å². The number of hydrogen-bond donors (Lipinski definition) is 4. The third kappa shape index (κ3) is 4.45. The molecule has 0 heterocycles. The van der Waals surface area contributed by atoms with Crippen LogP contribution in [0.3, 0.4) is 0 Å². The van der Waals surface area contributed by atoms with E-state index in [0.29, 0.717) is 0 Å². The van der Waals surface area contributed by atoms with Gasteiger partial charge in [-0.15, -0.1) is 0 Å². The summed E-state index contributed by atoms with van der Waals surface area (Å²) in [5.41, 5.74) is 4.97. The standard InChI is InChI=1S/C5H8N2O4S/c6-5(12)7-2(4(10)11)1-3(8)9/h2H,1H2,(H,8,9)(H,10,11)(H3,6,7,12)/t2-/m1/s1. The number of hydrogen-bond acceptors (Lipinski definition) is 3. The predicted octanol–water partition coefficient (Wildman–Crippen LogP) is -1.25. The van der Waals surface area contributed by atoms with Gasteiger partial charge in [0, 0.05) is 0 Å². The number of nitrogens with one attached hydrogen (secondary N) is 1. The Morgan fingerprint density at radius 1 is 1.50 bits per heavy atom. The topological polar surface area (TPSA) is 113 Å². The molecule has 0 aromatic heterocycles. The Kier molecular flexibility index (Phi) is 3.98. The van der Waals surface area contributed by atoms with Crippen LogP contribution in [0.25, 0.3) is 0 Å². The van der Waals surface area contributed by atoms with E-state index in [2.05, 4.69) is 17.5 Å². The quantitative estimate of drug-likeness (QED) is 0.411. The van der Waals surface area contributed by atoms with Crippen molar-refractivity contribution in [2.75, 3.05) is 0 Å². The van der Waals surface area contributed by atoms with Gasteiger partial charge in [-0.2, -0.15) is 0 Å². The molecule has 0 fully saturated rings. The first-order valence-corrected chi connectivity index (χ1v) is 3.35. The first-order valence-electron chi connectivity index (χ1n) is 2.94. The summed E-state index contributed by atoms with van der Waals surface area (Å²) in [5, 5.41) is 18.6. The lowest BCUT2D eigenvalue weighted by Crippen LogP contribution is -2.44. The van der Waals surface area contributed by atoms with Crippen LogP contribution >= 0.6 is 12.2 Å². The molecule has 0 rings (SSSR count). The number of rotatable bonds is 4. The molecule has 0 aromatic rings. The maximum absolute atomic E-state index is 10.3. The largest absolute Gasteiger partial charge is 0.481 e. The maximum atomic E-state index is 10.3. The highest BCUT2D eigenvalue weighted by molar-refractivity contribution is 7.80. The van der Waals surface area contributed by atoms with Crippen molar-refractivity contribution in [1.82, 2.24) is 5.32 Å². The van der Waals surface area contributed by atoms with E-state index in [0.717, 1.165) is 0 Å². The average Bonchev–Trinajstić information content (AvgIpc) is 1.83. The zero-order chi connectivity index (χ0) is 9.72. The number of thiocarbonyl (C=S) groups is 1. The summed E-state index contributed by atoms with van der Waals surface area (Å²) in [6.45, 7) is 0. The van der Waals surface area contributed by atoms with Crippen molar-refractivity contribution < 1.29 is 19.8 Å². The Morgan fingerprint density at radius 3 is 2.25 bits per heavy atom. The molecule has 0 spiro atoms. The Hall–Kier alpha value is -1.37. The SMILES string of the molecule is NC(=S)N[C@H](CC(=O)O)C(=O)O. The van der Waals surface area contributed by atoms with Gasteiger partial charge in [-0.3, -0.25) is 4.79 Å². The molecule has 0 amide bonds. The Morgan fingerprint density at radius 2 is 2.00 bits per heavy atom. The Balaban J connectivity index is 4.14. The van der Waals surface area contributed by atoms with E-state index >= 15 is 0 Å². The van der Waals surface area contributed by atoms with Crippen LogP contribution in [-0.2, 0) is 9.59 Å². The van der Waals surface area contributed by atoms with Gasteiger partial charge >= 0.3 is 11.9 Å². The van der Waals surface area contributed by atoms with Crippen LogP contribution in [0.5, 0.6) is 0 Å². The van der Waals surface area contributed by atoms with E-state index in [1.807, 2.05) is 0 Å². The molecule has 0 saturated carbocycles. The van der Waals surface area contributed by atoms with Gasteiger partial charge in [0.05, 0.1) is 6.42 Å². The highest BCUT2D eigenvalue weighted by Gasteiger charge is 2.20. The van der Waals surface area contributed by atoms with Crippen molar-refractivity contribution in [3.8, 4) is 0 Å². The number of carbonyl (C=O) groups is 2. The molecule has 0 saturated heterocycles. The normalized spacial score (nSPS) is 11.7. The predicted molar refractivity (Wildman–Crippen MR) is 43.6 cm³/mol. The first kappa shape index (κ1) is 10.6. The lowest BCUT2D eigenvalue weighted by atomic mass is 10.2. The highest BCUT2D eigenvalue weighted by atomic mass is 32.1. The second-order valence-corrected chi connectivity index (χ2v) is 2.44. The van der Waals surface area contributed by atoms with Gasteiger partial charge in [0.1, 0.15) is 6.04 Å². The summed E-state index contributed by atoms with van der Waals surface area (Å²) in [4.78, 5) is 20.4. The van der Waals surface area contributed by atoms with Crippen LogP contribution in [0.4, 0.5) is 0 Å². The van der Waals surface area contributed by atoms with Crippen LogP contribution < -0.4 is 11.1 Å². The first-order chi connectivity index (χ1) is 5.43. The van der Waals surface area contributed by atoms with Crippen LogP contribution in [0.15, 0.2) is 0 Å². The smallest absolute Gasteiger partial charge is 0.326 e. The highest BCUT2D eigenvalue weighted by Crippen LogP contribution is 1.91. The third-order valence-corrected chi connectivity index (χ3v) is 1.11. The summed E-state index contributed by atoms with van der Waals surface area (Å²) in [6.07, 6.45) is -0.563.